The van der Waals surface area contributed by atoms with E-state index in [1.165, 1.54) is 43.5 Å². The second kappa shape index (κ2) is 11.6. The molecule has 0 bridgehead atoms. The molecule has 1 unspecified atom stereocenters. The van der Waals surface area contributed by atoms with Crippen LogP contribution in [0.1, 0.15) is 42.1 Å². The van der Waals surface area contributed by atoms with Gasteiger partial charge in [-0.1, -0.05) is 60.5 Å². The molecule has 184 valence electrons. The van der Waals surface area contributed by atoms with E-state index in [0.717, 1.165) is 24.3 Å². The summed E-state index contributed by atoms with van der Waals surface area (Å²) < 4.78 is 12.7. The van der Waals surface area contributed by atoms with Crippen molar-refractivity contribution in [2.45, 2.75) is 42.8 Å². The highest BCUT2D eigenvalue weighted by Crippen LogP contribution is 2.47. The van der Waals surface area contributed by atoms with Gasteiger partial charge in [-0.15, -0.1) is 11.8 Å². The minimum Gasteiger partial charge on any atom is -0.508 e. The molecule has 0 spiro atoms. The van der Waals surface area contributed by atoms with Gasteiger partial charge in [0.2, 0.25) is 0 Å². The molecular formula is C29H32ClNO3S. The van der Waals surface area contributed by atoms with Crippen LogP contribution in [0.15, 0.2) is 78.1 Å². The van der Waals surface area contributed by atoms with Gasteiger partial charge in [0.15, 0.2) is 0 Å². The van der Waals surface area contributed by atoms with E-state index >= 15 is 0 Å². The third-order valence-corrected chi connectivity index (χ3v) is 8.46. The highest BCUT2D eigenvalue weighted by molar-refractivity contribution is 7.98. The zero-order valence-corrected chi connectivity index (χ0v) is 21.4. The minimum atomic E-state index is -0.199. The van der Waals surface area contributed by atoms with Gasteiger partial charge in [-0.2, -0.15) is 0 Å². The number of piperidine rings is 1. The van der Waals surface area contributed by atoms with E-state index in [2.05, 4.69) is 53.5 Å². The number of halogens is 1. The molecule has 2 heterocycles. The fourth-order valence-corrected chi connectivity index (χ4v) is 6.64. The number of allylic oxidation sites excluding steroid dienone is 4. The summed E-state index contributed by atoms with van der Waals surface area (Å²) in [6.45, 7) is 4.04. The standard InChI is InChI=1S/C29H32ClNO3S/c30-26-18-23(32)19-27-25(26)20-35-29(22-8-3-1-4-9-22)28(34-27)21-10-7-11-24(13-12-21)33-17-16-31-14-5-2-6-15-31/h1,3-4,7-9,11-13,18-19,28-29,32H,2,5-6,10,14-17,20H2/t28-,29?/m1/s1. The number of thioether (sulfide) groups is 1. The first-order valence-electron chi connectivity index (χ1n) is 12.4. The number of rotatable bonds is 6. The van der Waals surface area contributed by atoms with Gasteiger partial charge in [-0.3, -0.25) is 4.90 Å². The van der Waals surface area contributed by atoms with Crippen LogP contribution in [0.25, 0.3) is 0 Å². The number of hydrogen-bond donors (Lipinski definition) is 1. The normalized spacial score (nSPS) is 22.8. The Bertz CT molecular complexity index is 1110. The van der Waals surface area contributed by atoms with Crippen LogP contribution in [0, 0.1) is 0 Å². The van der Waals surface area contributed by atoms with E-state index in [9.17, 15) is 5.11 Å². The molecule has 4 nitrogen and oxygen atoms in total. The van der Waals surface area contributed by atoms with Gasteiger partial charge in [0.1, 0.15) is 30.0 Å². The summed E-state index contributed by atoms with van der Waals surface area (Å²) >= 11 is 8.31. The number of phenolic OH excluding ortho intramolecular Hbond substituents is 1. The van der Waals surface area contributed by atoms with E-state index in [0.29, 0.717) is 23.1 Å². The molecule has 0 amide bonds. The summed E-state index contributed by atoms with van der Waals surface area (Å²) in [5.74, 6) is 2.38. The van der Waals surface area contributed by atoms with Gasteiger partial charge >= 0.3 is 0 Å². The molecule has 1 fully saturated rings. The van der Waals surface area contributed by atoms with Crippen molar-refractivity contribution in [1.29, 1.82) is 0 Å². The fraction of sp³-hybridized carbons (Fsp3) is 0.379. The highest BCUT2D eigenvalue weighted by Gasteiger charge is 2.33. The average Bonchev–Trinajstić information content (AvgIpc) is 3.22. The lowest BCUT2D eigenvalue weighted by molar-refractivity contribution is 0.148. The summed E-state index contributed by atoms with van der Waals surface area (Å²) in [6, 6.07) is 13.8. The number of benzene rings is 2. The summed E-state index contributed by atoms with van der Waals surface area (Å²) in [5, 5.41) is 10.8. The molecule has 0 radical (unpaired) electrons. The summed E-state index contributed by atoms with van der Waals surface area (Å²) in [4.78, 5) is 2.49. The van der Waals surface area contributed by atoms with Crippen molar-refractivity contribution in [3.05, 3.63) is 94.3 Å². The average molecular weight is 510 g/mol. The lowest BCUT2D eigenvalue weighted by Gasteiger charge is -2.27. The van der Waals surface area contributed by atoms with Crippen molar-refractivity contribution in [1.82, 2.24) is 4.90 Å². The summed E-state index contributed by atoms with van der Waals surface area (Å²) in [7, 11) is 0. The van der Waals surface area contributed by atoms with Crippen LogP contribution in [0.2, 0.25) is 5.02 Å². The molecule has 2 aromatic rings. The Balaban J connectivity index is 1.37. The minimum absolute atomic E-state index is 0.0939. The van der Waals surface area contributed by atoms with Crippen LogP contribution in [0.5, 0.6) is 11.5 Å². The van der Waals surface area contributed by atoms with Crippen LogP contribution in [-0.4, -0.2) is 42.4 Å². The first kappa shape index (κ1) is 24.4. The van der Waals surface area contributed by atoms with Crippen molar-refractivity contribution in [3.63, 3.8) is 0 Å². The van der Waals surface area contributed by atoms with Crippen molar-refractivity contribution in [2.75, 3.05) is 26.2 Å². The van der Waals surface area contributed by atoms with Crippen LogP contribution >= 0.6 is 23.4 Å². The number of hydrogen-bond acceptors (Lipinski definition) is 5. The Labute approximate surface area is 217 Å². The Morgan fingerprint density at radius 3 is 2.74 bits per heavy atom. The van der Waals surface area contributed by atoms with Gasteiger partial charge in [0, 0.05) is 23.9 Å². The first-order valence-corrected chi connectivity index (χ1v) is 13.9. The Morgan fingerprint density at radius 1 is 1.09 bits per heavy atom. The molecule has 6 heteroatoms. The smallest absolute Gasteiger partial charge is 0.136 e. The predicted octanol–water partition coefficient (Wildman–Crippen LogP) is 7.05. The maximum Gasteiger partial charge on any atom is 0.136 e. The number of phenols is 1. The zero-order chi connectivity index (χ0) is 24.0. The van der Waals surface area contributed by atoms with E-state index in [4.69, 9.17) is 21.1 Å². The SMILES string of the molecule is Oc1cc(Cl)c2c(c1)O[C@H](C1=CC=C(OCCN3CCCCC3)C=CC1)C(c1ccccc1)SC2. The van der Waals surface area contributed by atoms with E-state index in [1.807, 2.05) is 17.8 Å². The van der Waals surface area contributed by atoms with Crippen LogP contribution in [0.4, 0.5) is 0 Å². The Hall–Kier alpha value is -2.34. The number of ether oxygens (including phenoxy) is 2. The highest BCUT2D eigenvalue weighted by atomic mass is 35.5. The predicted molar refractivity (Wildman–Crippen MR) is 144 cm³/mol. The lowest BCUT2D eigenvalue weighted by Crippen LogP contribution is -2.32. The van der Waals surface area contributed by atoms with Crippen molar-refractivity contribution >= 4 is 23.4 Å². The molecule has 5 rings (SSSR count). The lowest BCUT2D eigenvalue weighted by atomic mass is 9.98. The van der Waals surface area contributed by atoms with Gasteiger partial charge < -0.3 is 14.6 Å². The van der Waals surface area contributed by atoms with Crippen molar-refractivity contribution in [3.8, 4) is 11.5 Å². The molecular weight excluding hydrogens is 478 g/mol. The van der Waals surface area contributed by atoms with E-state index in [1.54, 1.807) is 12.1 Å². The molecule has 0 saturated carbocycles. The maximum atomic E-state index is 10.2. The summed E-state index contributed by atoms with van der Waals surface area (Å²) in [6.07, 6.45) is 12.9. The fourth-order valence-electron chi connectivity index (χ4n) is 4.89. The molecule has 1 aliphatic carbocycles. The van der Waals surface area contributed by atoms with Crippen molar-refractivity contribution in [2.24, 2.45) is 0 Å². The van der Waals surface area contributed by atoms with Gasteiger partial charge in [-0.05, 0) is 61.7 Å². The first-order chi connectivity index (χ1) is 17.2. The molecule has 0 aromatic heterocycles. The number of likely N-dealkylation sites (tertiary alicyclic amines) is 1. The Kier molecular flexibility index (Phi) is 8.07. The quantitative estimate of drug-likeness (QED) is 0.451. The van der Waals surface area contributed by atoms with E-state index in [-0.39, 0.29) is 17.1 Å². The molecule has 1 saturated heterocycles. The maximum absolute atomic E-state index is 10.2. The van der Waals surface area contributed by atoms with Crippen LogP contribution in [-0.2, 0) is 10.5 Å². The van der Waals surface area contributed by atoms with Crippen LogP contribution < -0.4 is 4.74 Å². The molecule has 35 heavy (non-hydrogen) atoms. The van der Waals surface area contributed by atoms with E-state index < -0.39 is 0 Å². The number of nitrogens with zero attached hydrogens (tertiary/aromatic N) is 1. The molecule has 2 aromatic carbocycles. The summed E-state index contributed by atoms with van der Waals surface area (Å²) in [5.41, 5.74) is 3.32. The number of fused-ring (bicyclic) bond motifs is 1. The van der Waals surface area contributed by atoms with Crippen LogP contribution in [0.3, 0.4) is 0 Å². The largest absolute Gasteiger partial charge is 0.508 e. The third-order valence-electron chi connectivity index (χ3n) is 6.79. The molecule has 2 aliphatic heterocycles. The molecule has 2 atom stereocenters. The van der Waals surface area contributed by atoms with Gasteiger partial charge in [0.05, 0.1) is 10.3 Å². The molecule has 3 aliphatic rings. The Morgan fingerprint density at radius 2 is 1.91 bits per heavy atom. The van der Waals surface area contributed by atoms with Gasteiger partial charge in [0.25, 0.3) is 0 Å². The zero-order valence-electron chi connectivity index (χ0n) is 19.9. The number of aromatic hydroxyl groups is 1. The van der Waals surface area contributed by atoms with Crippen molar-refractivity contribution < 1.29 is 14.6 Å². The topological polar surface area (TPSA) is 41.9 Å². The second-order valence-corrected chi connectivity index (χ2v) is 10.8. The second-order valence-electron chi connectivity index (χ2n) is 9.25. The third kappa shape index (κ3) is 6.08. The van der Waals surface area contributed by atoms with Gasteiger partial charge in [-0.25, -0.2) is 0 Å². The monoisotopic (exact) mass is 509 g/mol. The molecule has 1 N–H and O–H groups in total.